The lowest BCUT2D eigenvalue weighted by Crippen LogP contribution is -2.21. The zero-order chi connectivity index (χ0) is 10.6. The number of hydrogen-bond acceptors (Lipinski definition) is 3. The molecular formula is C9H16BrN3O. The van der Waals surface area contributed by atoms with E-state index in [0.717, 1.165) is 23.2 Å². The van der Waals surface area contributed by atoms with E-state index in [1.54, 1.807) is 7.11 Å². The molecule has 80 valence electrons. The fraction of sp³-hybridized carbons (Fsp3) is 0.667. The van der Waals surface area contributed by atoms with E-state index in [4.69, 9.17) is 4.74 Å². The van der Waals surface area contributed by atoms with Crippen LogP contribution in [0.3, 0.4) is 0 Å². The number of halogens is 1. The second-order valence-corrected chi connectivity index (χ2v) is 3.98. The Labute approximate surface area is 92.8 Å². The highest BCUT2D eigenvalue weighted by molar-refractivity contribution is 9.10. The molecule has 0 saturated heterocycles. The van der Waals surface area contributed by atoms with Crippen molar-refractivity contribution in [2.75, 3.05) is 20.8 Å². The predicted octanol–water partition coefficient (Wildman–Crippen LogP) is 1.48. The van der Waals surface area contributed by atoms with Crippen molar-refractivity contribution >= 4 is 15.9 Å². The minimum Gasteiger partial charge on any atom is -0.385 e. The zero-order valence-corrected chi connectivity index (χ0v) is 10.3. The van der Waals surface area contributed by atoms with Gasteiger partial charge in [-0.3, -0.25) is 4.68 Å². The number of hydrogen-bond donors (Lipinski definition) is 1. The fourth-order valence-electron chi connectivity index (χ4n) is 1.47. The number of ether oxygens (including phenoxy) is 1. The molecule has 1 heterocycles. The number of nitrogens with one attached hydrogen (secondary N) is 1. The summed E-state index contributed by atoms with van der Waals surface area (Å²) < 4.78 is 7.98. The Balaban J connectivity index is 2.77. The third-order valence-electron chi connectivity index (χ3n) is 2.23. The first-order valence-corrected chi connectivity index (χ1v) is 5.33. The molecule has 0 fully saturated rings. The van der Waals surface area contributed by atoms with Gasteiger partial charge in [-0.15, -0.1) is 0 Å². The van der Waals surface area contributed by atoms with Crippen molar-refractivity contribution in [1.29, 1.82) is 0 Å². The predicted molar refractivity (Wildman–Crippen MR) is 59.2 cm³/mol. The van der Waals surface area contributed by atoms with Gasteiger partial charge < -0.3 is 10.1 Å². The Kier molecular flexibility index (Phi) is 4.57. The SMILES string of the molecule is CNC(CCOC)c1c(Br)cnn1C. The molecular weight excluding hydrogens is 246 g/mol. The molecule has 0 bridgehead atoms. The second kappa shape index (κ2) is 5.48. The van der Waals surface area contributed by atoms with Gasteiger partial charge in [0.25, 0.3) is 0 Å². The summed E-state index contributed by atoms with van der Waals surface area (Å²) in [6, 6.07) is 0.275. The molecule has 4 nitrogen and oxygen atoms in total. The lowest BCUT2D eigenvalue weighted by atomic mass is 10.1. The first-order chi connectivity index (χ1) is 6.70. The summed E-state index contributed by atoms with van der Waals surface area (Å²) in [4.78, 5) is 0. The summed E-state index contributed by atoms with van der Waals surface area (Å²) in [5.74, 6) is 0. The number of rotatable bonds is 5. The number of aromatic nitrogens is 2. The van der Waals surface area contributed by atoms with Crippen LogP contribution in [-0.2, 0) is 11.8 Å². The Morgan fingerprint density at radius 1 is 1.71 bits per heavy atom. The summed E-state index contributed by atoms with van der Waals surface area (Å²) in [6.07, 6.45) is 2.75. The highest BCUT2D eigenvalue weighted by atomic mass is 79.9. The van der Waals surface area contributed by atoms with Gasteiger partial charge >= 0.3 is 0 Å². The van der Waals surface area contributed by atoms with Crippen molar-refractivity contribution in [3.63, 3.8) is 0 Å². The van der Waals surface area contributed by atoms with Gasteiger partial charge in [0.15, 0.2) is 0 Å². The first-order valence-electron chi connectivity index (χ1n) is 4.54. The molecule has 1 unspecified atom stereocenters. The van der Waals surface area contributed by atoms with E-state index in [1.165, 1.54) is 0 Å². The molecule has 0 saturated carbocycles. The Bertz CT molecular complexity index is 268. The van der Waals surface area contributed by atoms with Gasteiger partial charge in [-0.05, 0) is 29.4 Å². The van der Waals surface area contributed by atoms with E-state index < -0.39 is 0 Å². The topological polar surface area (TPSA) is 39.1 Å². The minimum absolute atomic E-state index is 0.275. The standard InChI is InChI=1S/C9H16BrN3O/c1-11-8(4-5-14-3)9-7(10)6-12-13(9)2/h6,8,11H,4-5H2,1-3H3. The highest BCUT2D eigenvalue weighted by Gasteiger charge is 2.16. The maximum absolute atomic E-state index is 5.07. The second-order valence-electron chi connectivity index (χ2n) is 3.12. The van der Waals surface area contributed by atoms with E-state index in [9.17, 15) is 0 Å². The van der Waals surface area contributed by atoms with Crippen LogP contribution < -0.4 is 5.32 Å². The third kappa shape index (κ3) is 2.56. The van der Waals surface area contributed by atoms with E-state index in [0.29, 0.717) is 0 Å². The van der Waals surface area contributed by atoms with Crippen molar-refractivity contribution in [2.45, 2.75) is 12.5 Å². The summed E-state index contributed by atoms with van der Waals surface area (Å²) in [7, 11) is 5.60. The highest BCUT2D eigenvalue weighted by Crippen LogP contribution is 2.24. The molecule has 1 rings (SSSR count). The third-order valence-corrected chi connectivity index (χ3v) is 2.84. The normalized spacial score (nSPS) is 13.1. The molecule has 14 heavy (non-hydrogen) atoms. The Morgan fingerprint density at radius 2 is 2.43 bits per heavy atom. The monoisotopic (exact) mass is 261 g/mol. The van der Waals surface area contributed by atoms with Gasteiger partial charge in [0.1, 0.15) is 0 Å². The average Bonchev–Trinajstić information content (AvgIpc) is 2.50. The molecule has 0 aliphatic heterocycles. The molecule has 0 aliphatic rings. The summed E-state index contributed by atoms with van der Waals surface area (Å²) in [5.41, 5.74) is 1.16. The Morgan fingerprint density at radius 3 is 2.86 bits per heavy atom. The van der Waals surface area contributed by atoms with Crippen molar-refractivity contribution in [3.8, 4) is 0 Å². The first kappa shape index (κ1) is 11.7. The minimum atomic E-state index is 0.275. The van der Waals surface area contributed by atoms with Crippen LogP contribution >= 0.6 is 15.9 Å². The van der Waals surface area contributed by atoms with E-state index in [-0.39, 0.29) is 6.04 Å². The van der Waals surface area contributed by atoms with Crippen LogP contribution in [0.5, 0.6) is 0 Å². The van der Waals surface area contributed by atoms with Crippen LogP contribution in [0.1, 0.15) is 18.2 Å². The Hall–Kier alpha value is -0.390. The van der Waals surface area contributed by atoms with Crippen molar-refractivity contribution in [3.05, 3.63) is 16.4 Å². The van der Waals surface area contributed by atoms with Gasteiger partial charge in [-0.25, -0.2) is 0 Å². The van der Waals surface area contributed by atoms with Gasteiger partial charge in [0.2, 0.25) is 0 Å². The van der Waals surface area contributed by atoms with Crippen molar-refractivity contribution in [2.24, 2.45) is 7.05 Å². The maximum Gasteiger partial charge on any atom is 0.0693 e. The largest absolute Gasteiger partial charge is 0.385 e. The molecule has 0 aromatic carbocycles. The molecule has 0 amide bonds. The smallest absolute Gasteiger partial charge is 0.0693 e. The maximum atomic E-state index is 5.07. The van der Waals surface area contributed by atoms with Gasteiger partial charge in [0, 0.05) is 20.8 Å². The van der Waals surface area contributed by atoms with E-state index in [1.807, 2.05) is 25.0 Å². The molecule has 0 radical (unpaired) electrons. The molecule has 1 aromatic rings. The molecule has 1 atom stereocenters. The summed E-state index contributed by atoms with van der Waals surface area (Å²) in [5, 5.41) is 7.43. The van der Waals surface area contributed by atoms with E-state index >= 15 is 0 Å². The molecule has 1 N–H and O–H groups in total. The summed E-state index contributed by atoms with van der Waals surface area (Å²) in [6.45, 7) is 0.739. The zero-order valence-electron chi connectivity index (χ0n) is 8.75. The average molecular weight is 262 g/mol. The lowest BCUT2D eigenvalue weighted by Gasteiger charge is -2.16. The van der Waals surface area contributed by atoms with Crippen LogP contribution in [0.4, 0.5) is 0 Å². The van der Waals surface area contributed by atoms with Crippen LogP contribution in [-0.4, -0.2) is 30.5 Å². The summed E-state index contributed by atoms with van der Waals surface area (Å²) >= 11 is 3.49. The van der Waals surface area contributed by atoms with Crippen LogP contribution in [0, 0.1) is 0 Å². The molecule has 5 heteroatoms. The van der Waals surface area contributed by atoms with Gasteiger partial charge in [0.05, 0.1) is 22.4 Å². The molecule has 0 aliphatic carbocycles. The van der Waals surface area contributed by atoms with Crippen molar-refractivity contribution in [1.82, 2.24) is 15.1 Å². The van der Waals surface area contributed by atoms with Crippen LogP contribution in [0.25, 0.3) is 0 Å². The van der Waals surface area contributed by atoms with Crippen LogP contribution in [0.15, 0.2) is 10.7 Å². The van der Waals surface area contributed by atoms with Gasteiger partial charge in [-0.1, -0.05) is 0 Å². The number of aryl methyl sites for hydroxylation is 1. The molecule has 0 spiro atoms. The fourth-order valence-corrected chi connectivity index (χ4v) is 2.09. The molecule has 1 aromatic heterocycles. The van der Waals surface area contributed by atoms with Crippen LogP contribution in [0.2, 0.25) is 0 Å². The van der Waals surface area contributed by atoms with Crippen molar-refractivity contribution < 1.29 is 4.74 Å². The van der Waals surface area contributed by atoms with E-state index in [2.05, 4.69) is 26.3 Å². The van der Waals surface area contributed by atoms with Gasteiger partial charge in [-0.2, -0.15) is 5.10 Å². The number of methoxy groups -OCH3 is 1. The lowest BCUT2D eigenvalue weighted by molar-refractivity contribution is 0.183. The quantitative estimate of drug-likeness (QED) is 0.873. The number of nitrogens with zero attached hydrogens (tertiary/aromatic N) is 2.